The van der Waals surface area contributed by atoms with Crippen molar-refractivity contribution in [1.82, 2.24) is 5.32 Å². The van der Waals surface area contributed by atoms with Crippen molar-refractivity contribution in [2.45, 2.75) is 11.4 Å². The summed E-state index contributed by atoms with van der Waals surface area (Å²) < 4.78 is 13.5. The van der Waals surface area contributed by atoms with E-state index in [4.69, 9.17) is 0 Å². The van der Waals surface area contributed by atoms with Crippen LogP contribution in [0.2, 0.25) is 0 Å². The van der Waals surface area contributed by atoms with E-state index >= 15 is 0 Å². The zero-order valence-electron chi connectivity index (χ0n) is 10.7. The van der Waals surface area contributed by atoms with Crippen molar-refractivity contribution in [3.63, 3.8) is 0 Å². The number of carbonyl (C=O) groups excluding carboxylic acids is 1. The molecule has 5 nitrogen and oxygen atoms in total. The highest BCUT2D eigenvalue weighted by molar-refractivity contribution is 7.80. The second kappa shape index (κ2) is 6.36. The number of non-ortho nitro benzene ring substituents is 1. The lowest BCUT2D eigenvalue weighted by molar-refractivity contribution is -0.384. The maximum atomic E-state index is 13.5. The largest absolute Gasteiger partial charge is 0.348 e. The standard InChI is InChI=1S/C14H11FN2O3S/c15-13-6-5-11(21)7-12(13)14(18)16-8-9-1-3-10(4-2-9)17(19)20/h1-7,21H,8H2,(H,16,18). The van der Waals surface area contributed by atoms with E-state index in [1.165, 1.54) is 42.5 Å². The Labute approximate surface area is 125 Å². The van der Waals surface area contributed by atoms with E-state index in [-0.39, 0.29) is 17.8 Å². The Morgan fingerprint density at radius 1 is 1.24 bits per heavy atom. The van der Waals surface area contributed by atoms with Crippen LogP contribution in [-0.4, -0.2) is 10.8 Å². The summed E-state index contributed by atoms with van der Waals surface area (Å²) in [6, 6.07) is 9.71. The predicted molar refractivity (Wildman–Crippen MR) is 77.9 cm³/mol. The Hall–Kier alpha value is -2.41. The topological polar surface area (TPSA) is 72.2 Å². The van der Waals surface area contributed by atoms with Gasteiger partial charge in [-0.15, -0.1) is 12.6 Å². The highest BCUT2D eigenvalue weighted by Crippen LogP contribution is 2.14. The van der Waals surface area contributed by atoms with Gasteiger partial charge in [0.25, 0.3) is 11.6 Å². The summed E-state index contributed by atoms with van der Waals surface area (Å²) in [6.45, 7) is 0.146. The van der Waals surface area contributed by atoms with Crippen LogP contribution in [0.3, 0.4) is 0 Å². The first kappa shape index (κ1) is 15.0. The zero-order chi connectivity index (χ0) is 15.4. The summed E-state index contributed by atoms with van der Waals surface area (Å²) in [4.78, 5) is 22.4. The minimum absolute atomic E-state index is 0.0288. The van der Waals surface area contributed by atoms with Crippen molar-refractivity contribution in [2.75, 3.05) is 0 Å². The summed E-state index contributed by atoms with van der Waals surface area (Å²) >= 11 is 4.05. The quantitative estimate of drug-likeness (QED) is 0.518. The highest BCUT2D eigenvalue weighted by Gasteiger charge is 2.12. The molecule has 1 amide bonds. The van der Waals surface area contributed by atoms with Gasteiger partial charge in [-0.2, -0.15) is 0 Å². The van der Waals surface area contributed by atoms with Gasteiger partial charge in [0.05, 0.1) is 10.5 Å². The van der Waals surface area contributed by atoms with Gasteiger partial charge in [0.1, 0.15) is 5.82 Å². The number of nitro groups is 1. The van der Waals surface area contributed by atoms with E-state index in [1.807, 2.05) is 0 Å². The first-order valence-electron chi connectivity index (χ1n) is 5.97. The first-order valence-corrected chi connectivity index (χ1v) is 6.42. The number of hydrogen-bond acceptors (Lipinski definition) is 4. The number of hydrogen-bond donors (Lipinski definition) is 2. The number of carbonyl (C=O) groups is 1. The normalized spacial score (nSPS) is 10.2. The van der Waals surface area contributed by atoms with Crippen LogP contribution in [0.4, 0.5) is 10.1 Å². The fourth-order valence-corrected chi connectivity index (χ4v) is 1.90. The number of benzene rings is 2. The third kappa shape index (κ3) is 3.79. The molecule has 0 aliphatic heterocycles. The third-order valence-corrected chi connectivity index (χ3v) is 3.07. The number of amides is 1. The van der Waals surface area contributed by atoms with Crippen molar-refractivity contribution in [3.05, 3.63) is 69.5 Å². The highest BCUT2D eigenvalue weighted by atomic mass is 32.1. The molecular weight excluding hydrogens is 295 g/mol. The fourth-order valence-electron chi connectivity index (χ4n) is 1.70. The molecule has 108 valence electrons. The minimum Gasteiger partial charge on any atom is -0.348 e. The predicted octanol–water partition coefficient (Wildman–Crippen LogP) is 2.95. The molecule has 0 atom stereocenters. The van der Waals surface area contributed by atoms with Crippen LogP contribution in [0, 0.1) is 15.9 Å². The molecule has 0 spiro atoms. The molecule has 2 rings (SSSR count). The van der Waals surface area contributed by atoms with Crippen LogP contribution in [0.1, 0.15) is 15.9 Å². The van der Waals surface area contributed by atoms with Crippen LogP contribution in [0.5, 0.6) is 0 Å². The van der Waals surface area contributed by atoms with Gasteiger partial charge < -0.3 is 5.32 Å². The maximum absolute atomic E-state index is 13.5. The van der Waals surface area contributed by atoms with Crippen LogP contribution < -0.4 is 5.32 Å². The van der Waals surface area contributed by atoms with Gasteiger partial charge >= 0.3 is 0 Å². The van der Waals surface area contributed by atoms with Crippen molar-refractivity contribution >= 4 is 24.2 Å². The number of nitrogens with one attached hydrogen (secondary N) is 1. The molecule has 0 unspecified atom stereocenters. The lowest BCUT2D eigenvalue weighted by Crippen LogP contribution is -2.23. The van der Waals surface area contributed by atoms with Crippen molar-refractivity contribution < 1.29 is 14.1 Å². The van der Waals surface area contributed by atoms with Gasteiger partial charge in [0.2, 0.25) is 0 Å². The zero-order valence-corrected chi connectivity index (χ0v) is 11.6. The molecule has 0 aliphatic rings. The number of nitro benzene ring substituents is 1. The van der Waals surface area contributed by atoms with E-state index < -0.39 is 16.6 Å². The number of nitrogens with zero attached hydrogens (tertiary/aromatic N) is 1. The van der Waals surface area contributed by atoms with Crippen molar-refractivity contribution in [2.24, 2.45) is 0 Å². The Balaban J connectivity index is 2.04. The lowest BCUT2D eigenvalue weighted by Gasteiger charge is -2.07. The second-order valence-electron chi connectivity index (χ2n) is 4.27. The molecule has 2 aromatic rings. The summed E-state index contributed by atoms with van der Waals surface area (Å²) in [5.41, 5.74) is 0.555. The van der Waals surface area contributed by atoms with Crippen LogP contribution in [0.15, 0.2) is 47.4 Å². The first-order chi connectivity index (χ1) is 9.97. The maximum Gasteiger partial charge on any atom is 0.269 e. The molecule has 0 radical (unpaired) electrons. The molecule has 0 bridgehead atoms. The molecule has 21 heavy (non-hydrogen) atoms. The molecule has 0 fully saturated rings. The molecule has 0 saturated heterocycles. The van der Waals surface area contributed by atoms with E-state index in [9.17, 15) is 19.3 Å². The van der Waals surface area contributed by atoms with E-state index in [0.717, 1.165) is 0 Å². The smallest absolute Gasteiger partial charge is 0.269 e. The SMILES string of the molecule is O=C(NCc1ccc([N+](=O)[O-])cc1)c1cc(S)ccc1F. The fraction of sp³-hybridized carbons (Fsp3) is 0.0714. The monoisotopic (exact) mass is 306 g/mol. The summed E-state index contributed by atoms with van der Waals surface area (Å²) in [7, 11) is 0. The molecule has 1 N–H and O–H groups in total. The van der Waals surface area contributed by atoms with E-state index in [2.05, 4.69) is 17.9 Å². The third-order valence-electron chi connectivity index (χ3n) is 2.79. The molecule has 0 saturated carbocycles. The summed E-state index contributed by atoms with van der Waals surface area (Å²) in [5, 5.41) is 13.1. The van der Waals surface area contributed by atoms with Gasteiger partial charge in [-0.25, -0.2) is 4.39 Å². The van der Waals surface area contributed by atoms with Crippen LogP contribution in [0.25, 0.3) is 0 Å². The Morgan fingerprint density at radius 2 is 1.90 bits per heavy atom. The average molecular weight is 306 g/mol. The van der Waals surface area contributed by atoms with Gasteiger partial charge in [0, 0.05) is 23.6 Å². The summed E-state index contributed by atoms with van der Waals surface area (Å²) in [6.07, 6.45) is 0. The Morgan fingerprint density at radius 3 is 2.52 bits per heavy atom. The summed E-state index contributed by atoms with van der Waals surface area (Å²) in [5.74, 6) is -1.20. The average Bonchev–Trinajstić information content (AvgIpc) is 2.47. The van der Waals surface area contributed by atoms with Crippen LogP contribution >= 0.6 is 12.6 Å². The molecule has 2 aromatic carbocycles. The molecule has 0 aliphatic carbocycles. The minimum atomic E-state index is -0.631. The van der Waals surface area contributed by atoms with E-state index in [0.29, 0.717) is 10.5 Å². The molecule has 0 heterocycles. The van der Waals surface area contributed by atoms with Gasteiger partial charge in [-0.05, 0) is 23.8 Å². The van der Waals surface area contributed by atoms with Gasteiger partial charge in [0.15, 0.2) is 0 Å². The van der Waals surface area contributed by atoms with Crippen molar-refractivity contribution in [3.8, 4) is 0 Å². The van der Waals surface area contributed by atoms with Crippen molar-refractivity contribution in [1.29, 1.82) is 0 Å². The Kier molecular flexibility index (Phi) is 4.54. The van der Waals surface area contributed by atoms with Gasteiger partial charge in [-0.3, -0.25) is 14.9 Å². The van der Waals surface area contributed by atoms with Gasteiger partial charge in [-0.1, -0.05) is 12.1 Å². The number of thiol groups is 1. The number of rotatable bonds is 4. The number of halogens is 1. The second-order valence-corrected chi connectivity index (χ2v) is 4.79. The Bertz CT molecular complexity index is 689. The molecule has 7 heteroatoms. The molecule has 0 aromatic heterocycles. The van der Waals surface area contributed by atoms with Crippen LogP contribution in [-0.2, 0) is 6.54 Å². The van der Waals surface area contributed by atoms with E-state index in [1.54, 1.807) is 0 Å². The lowest BCUT2D eigenvalue weighted by atomic mass is 10.1. The molecular formula is C14H11FN2O3S.